The number of nitrogens with zero attached hydrogens (tertiary/aromatic N) is 2. The van der Waals surface area contributed by atoms with Crippen LogP contribution in [0.4, 0.5) is 0 Å². The first-order valence-electron chi connectivity index (χ1n) is 8.12. The second kappa shape index (κ2) is 9.26. The molecule has 0 amide bonds. The molecule has 0 aromatic heterocycles. The number of aliphatic imine (C=N–C) groups is 1. The number of rotatable bonds is 7. The molecule has 0 saturated heterocycles. The predicted molar refractivity (Wildman–Crippen MR) is 94.1 cm³/mol. The molecular weight excluding hydrogens is 272 g/mol. The molecule has 4 heteroatoms. The summed E-state index contributed by atoms with van der Waals surface area (Å²) in [5.74, 6) is 0.916. The summed E-state index contributed by atoms with van der Waals surface area (Å²) in [6.07, 6.45) is 7.75. The van der Waals surface area contributed by atoms with Crippen molar-refractivity contribution in [3.8, 4) is 0 Å². The molecule has 0 bridgehead atoms. The highest BCUT2D eigenvalue weighted by atomic mass is 15.2. The van der Waals surface area contributed by atoms with Crippen molar-refractivity contribution < 1.29 is 0 Å². The van der Waals surface area contributed by atoms with E-state index < -0.39 is 0 Å². The predicted octanol–water partition coefficient (Wildman–Crippen LogP) is 2.39. The van der Waals surface area contributed by atoms with Crippen LogP contribution in [0.5, 0.6) is 0 Å². The fourth-order valence-electron chi connectivity index (χ4n) is 2.65. The van der Waals surface area contributed by atoms with Gasteiger partial charge in [-0.15, -0.1) is 0 Å². The van der Waals surface area contributed by atoms with Crippen molar-refractivity contribution in [3.63, 3.8) is 0 Å². The molecule has 0 spiro atoms. The summed E-state index contributed by atoms with van der Waals surface area (Å²) in [6.45, 7) is 3.02. The maximum atomic E-state index is 4.29. The molecule has 4 nitrogen and oxygen atoms in total. The summed E-state index contributed by atoms with van der Waals surface area (Å²) in [5, 5.41) is 6.86. The molecule has 2 rings (SSSR count). The number of nitrogens with one attached hydrogen (secondary N) is 2. The zero-order chi connectivity index (χ0) is 15.6. The molecule has 0 saturated carbocycles. The maximum Gasteiger partial charge on any atom is 0.191 e. The van der Waals surface area contributed by atoms with Gasteiger partial charge in [0.2, 0.25) is 0 Å². The third-order valence-electron chi connectivity index (χ3n) is 3.88. The van der Waals surface area contributed by atoms with Crippen molar-refractivity contribution in [2.45, 2.75) is 31.8 Å². The Hall–Kier alpha value is -1.81. The normalized spacial score (nSPS) is 15.5. The Morgan fingerprint density at radius 1 is 1.23 bits per heavy atom. The monoisotopic (exact) mass is 300 g/mol. The van der Waals surface area contributed by atoms with Gasteiger partial charge in [0.1, 0.15) is 0 Å². The Morgan fingerprint density at radius 3 is 2.64 bits per heavy atom. The molecule has 22 heavy (non-hydrogen) atoms. The van der Waals surface area contributed by atoms with Gasteiger partial charge in [-0.1, -0.05) is 42.5 Å². The zero-order valence-corrected chi connectivity index (χ0v) is 13.8. The molecule has 0 heterocycles. The highest BCUT2D eigenvalue weighted by Crippen LogP contribution is 2.08. The fraction of sp³-hybridized carbons (Fsp3) is 0.500. The van der Waals surface area contributed by atoms with Crippen LogP contribution in [0.25, 0.3) is 0 Å². The Balaban J connectivity index is 1.59. The maximum absolute atomic E-state index is 4.29. The van der Waals surface area contributed by atoms with E-state index in [1.165, 1.54) is 5.56 Å². The zero-order valence-electron chi connectivity index (χ0n) is 13.8. The van der Waals surface area contributed by atoms with Gasteiger partial charge in [-0.3, -0.25) is 4.99 Å². The Kier molecular flexibility index (Phi) is 6.97. The Labute approximate surface area is 134 Å². The molecule has 120 valence electrons. The molecule has 0 radical (unpaired) electrons. The van der Waals surface area contributed by atoms with Crippen LogP contribution in [0, 0.1) is 0 Å². The summed E-state index contributed by atoms with van der Waals surface area (Å²) < 4.78 is 0. The summed E-state index contributed by atoms with van der Waals surface area (Å²) in [4.78, 5) is 6.64. The van der Waals surface area contributed by atoms with E-state index in [0.29, 0.717) is 6.04 Å². The Morgan fingerprint density at radius 2 is 1.95 bits per heavy atom. The van der Waals surface area contributed by atoms with Gasteiger partial charge in [-0.25, -0.2) is 0 Å². The average molecular weight is 300 g/mol. The van der Waals surface area contributed by atoms with E-state index in [9.17, 15) is 0 Å². The molecule has 1 aliphatic rings. The van der Waals surface area contributed by atoms with Gasteiger partial charge < -0.3 is 15.5 Å². The minimum atomic E-state index is 0.506. The minimum absolute atomic E-state index is 0.506. The third kappa shape index (κ3) is 5.90. The highest BCUT2D eigenvalue weighted by molar-refractivity contribution is 5.80. The van der Waals surface area contributed by atoms with Crippen LogP contribution in [-0.4, -0.2) is 44.1 Å². The quantitative estimate of drug-likeness (QED) is 0.351. The van der Waals surface area contributed by atoms with Crippen molar-refractivity contribution in [1.82, 2.24) is 15.5 Å². The number of guanidine groups is 1. The topological polar surface area (TPSA) is 39.7 Å². The third-order valence-corrected chi connectivity index (χ3v) is 3.88. The lowest BCUT2D eigenvalue weighted by atomic mass is 10.2. The molecule has 1 aromatic rings. The van der Waals surface area contributed by atoms with E-state index in [1.807, 2.05) is 7.05 Å². The summed E-state index contributed by atoms with van der Waals surface area (Å²) >= 11 is 0. The van der Waals surface area contributed by atoms with E-state index in [0.717, 1.165) is 44.9 Å². The second-order valence-electron chi connectivity index (χ2n) is 5.86. The largest absolute Gasteiger partial charge is 0.356 e. The molecule has 0 fully saturated rings. The minimum Gasteiger partial charge on any atom is -0.356 e. The highest BCUT2D eigenvalue weighted by Gasteiger charge is 2.11. The number of benzene rings is 1. The standard InChI is InChI=1S/C18H28N4/c1-19-18(21-17-11-6-7-12-17)20-13-8-14-22(2)15-16-9-4-3-5-10-16/h3-7,9-10,17H,8,11-15H2,1-2H3,(H2,19,20,21). The lowest BCUT2D eigenvalue weighted by Gasteiger charge is -2.19. The van der Waals surface area contributed by atoms with Crippen molar-refractivity contribution >= 4 is 5.96 Å². The molecule has 2 N–H and O–H groups in total. The van der Waals surface area contributed by atoms with Gasteiger partial charge in [0.05, 0.1) is 0 Å². The average Bonchev–Trinajstić information content (AvgIpc) is 3.04. The van der Waals surface area contributed by atoms with Gasteiger partial charge >= 0.3 is 0 Å². The van der Waals surface area contributed by atoms with Crippen LogP contribution in [0.2, 0.25) is 0 Å². The van der Waals surface area contributed by atoms with Crippen LogP contribution in [0.3, 0.4) is 0 Å². The smallest absolute Gasteiger partial charge is 0.191 e. The van der Waals surface area contributed by atoms with E-state index in [2.05, 4.69) is 70.1 Å². The van der Waals surface area contributed by atoms with E-state index in [-0.39, 0.29) is 0 Å². The SMILES string of the molecule is CN=C(NCCCN(C)Cc1ccccc1)NC1CC=CC1. The Bertz CT molecular complexity index is 473. The van der Waals surface area contributed by atoms with E-state index in [1.54, 1.807) is 0 Å². The number of hydrogen-bond donors (Lipinski definition) is 2. The summed E-state index contributed by atoms with van der Waals surface area (Å²) in [7, 11) is 4.00. The summed E-state index contributed by atoms with van der Waals surface area (Å²) in [6, 6.07) is 11.1. The first kappa shape index (κ1) is 16.6. The lowest BCUT2D eigenvalue weighted by molar-refractivity contribution is 0.322. The van der Waals surface area contributed by atoms with Crippen molar-refractivity contribution in [1.29, 1.82) is 0 Å². The van der Waals surface area contributed by atoms with Crippen LogP contribution >= 0.6 is 0 Å². The van der Waals surface area contributed by atoms with Gasteiger partial charge in [0.15, 0.2) is 5.96 Å². The van der Waals surface area contributed by atoms with E-state index >= 15 is 0 Å². The van der Waals surface area contributed by atoms with Gasteiger partial charge in [-0.2, -0.15) is 0 Å². The molecule has 0 unspecified atom stereocenters. The molecule has 1 aliphatic carbocycles. The first-order valence-corrected chi connectivity index (χ1v) is 8.12. The fourth-order valence-corrected chi connectivity index (χ4v) is 2.65. The van der Waals surface area contributed by atoms with Crippen molar-refractivity contribution in [2.75, 3.05) is 27.2 Å². The molecule has 0 atom stereocenters. The number of hydrogen-bond acceptors (Lipinski definition) is 2. The van der Waals surface area contributed by atoms with Crippen molar-refractivity contribution in [3.05, 3.63) is 48.0 Å². The summed E-state index contributed by atoms with van der Waals surface area (Å²) in [5.41, 5.74) is 1.36. The first-order chi connectivity index (χ1) is 10.8. The van der Waals surface area contributed by atoms with Crippen LogP contribution < -0.4 is 10.6 Å². The van der Waals surface area contributed by atoms with Gasteiger partial charge in [0.25, 0.3) is 0 Å². The van der Waals surface area contributed by atoms with E-state index in [4.69, 9.17) is 0 Å². The van der Waals surface area contributed by atoms with Crippen LogP contribution in [-0.2, 0) is 6.54 Å². The molecule has 0 aliphatic heterocycles. The van der Waals surface area contributed by atoms with Gasteiger partial charge in [-0.05, 0) is 38.4 Å². The van der Waals surface area contributed by atoms with Gasteiger partial charge in [0, 0.05) is 26.2 Å². The van der Waals surface area contributed by atoms with Crippen LogP contribution in [0.15, 0.2) is 47.5 Å². The van der Waals surface area contributed by atoms with Crippen molar-refractivity contribution in [2.24, 2.45) is 4.99 Å². The molecule has 1 aromatic carbocycles. The lowest BCUT2D eigenvalue weighted by Crippen LogP contribution is -2.43. The molecular formula is C18H28N4. The van der Waals surface area contributed by atoms with Crippen LogP contribution in [0.1, 0.15) is 24.8 Å². The second-order valence-corrected chi connectivity index (χ2v) is 5.86.